The van der Waals surface area contributed by atoms with Crippen LogP contribution in [0.2, 0.25) is 0 Å². The van der Waals surface area contributed by atoms with E-state index in [1.807, 2.05) is 0 Å². The van der Waals surface area contributed by atoms with Crippen LogP contribution in [-0.2, 0) is 16.0 Å². The molecule has 0 saturated heterocycles. The number of rotatable bonds is 4. The van der Waals surface area contributed by atoms with Crippen molar-refractivity contribution in [2.24, 2.45) is 0 Å². The lowest BCUT2D eigenvalue weighted by Gasteiger charge is -1.99. The summed E-state index contributed by atoms with van der Waals surface area (Å²) < 4.78 is 10.1. The number of ether oxygens (including phenoxy) is 1. The van der Waals surface area contributed by atoms with Gasteiger partial charge in [0.25, 0.3) is 5.69 Å². The molecule has 2 rings (SSSR count). The number of nitro benzene ring substituents is 1. The normalized spacial score (nSPS) is 10.6. The summed E-state index contributed by atoms with van der Waals surface area (Å²) in [7, 11) is 0. The fourth-order valence-corrected chi connectivity index (χ4v) is 2.08. The van der Waals surface area contributed by atoms with Crippen LogP contribution in [0.1, 0.15) is 12.6 Å². The molecular weight excluding hydrogens is 320 g/mol. The number of nitro groups is 1. The average molecular weight is 329 g/mol. The predicted molar refractivity (Wildman–Crippen MR) is 68.7 cm³/mol. The van der Waals surface area contributed by atoms with E-state index < -0.39 is 10.9 Å². The molecular formula is C11H9BrN2O5. The van der Waals surface area contributed by atoms with Crippen LogP contribution < -0.4 is 0 Å². The van der Waals surface area contributed by atoms with Gasteiger partial charge in [-0.2, -0.15) is 0 Å². The minimum Gasteiger partial charge on any atom is -0.466 e. The van der Waals surface area contributed by atoms with Gasteiger partial charge in [0.1, 0.15) is 5.69 Å². The minimum atomic E-state index is -0.523. The van der Waals surface area contributed by atoms with E-state index in [-0.39, 0.29) is 18.7 Å². The van der Waals surface area contributed by atoms with E-state index in [2.05, 4.69) is 21.1 Å². The molecule has 0 fully saturated rings. The summed E-state index contributed by atoms with van der Waals surface area (Å²) in [5.41, 5.74) is 0.585. The Bertz CT molecular complexity index is 652. The second kappa shape index (κ2) is 5.35. The lowest BCUT2D eigenvalue weighted by atomic mass is 10.1. The van der Waals surface area contributed by atoms with Gasteiger partial charge in [-0.15, -0.1) is 0 Å². The molecule has 19 heavy (non-hydrogen) atoms. The van der Waals surface area contributed by atoms with E-state index in [0.29, 0.717) is 21.1 Å². The van der Waals surface area contributed by atoms with Crippen LogP contribution in [0, 0.1) is 10.1 Å². The average Bonchev–Trinajstić information content (AvgIpc) is 2.70. The molecule has 0 spiro atoms. The van der Waals surface area contributed by atoms with Crippen LogP contribution in [0.3, 0.4) is 0 Å². The molecule has 1 aromatic carbocycles. The third-order valence-electron chi connectivity index (χ3n) is 2.43. The molecule has 0 aliphatic heterocycles. The number of fused-ring (bicyclic) bond motifs is 1. The topological polar surface area (TPSA) is 95.5 Å². The summed E-state index contributed by atoms with van der Waals surface area (Å²) in [5.74, 6) is -0.455. The van der Waals surface area contributed by atoms with Gasteiger partial charge < -0.3 is 9.26 Å². The Morgan fingerprint density at radius 3 is 2.95 bits per heavy atom. The molecule has 1 heterocycles. The molecule has 0 bridgehead atoms. The number of hydrogen-bond acceptors (Lipinski definition) is 6. The molecule has 0 atom stereocenters. The maximum Gasteiger partial charge on any atom is 0.312 e. The number of hydrogen-bond donors (Lipinski definition) is 0. The Morgan fingerprint density at radius 2 is 2.32 bits per heavy atom. The molecule has 1 aromatic heterocycles. The Hall–Kier alpha value is -1.96. The van der Waals surface area contributed by atoms with Gasteiger partial charge in [0.05, 0.1) is 27.8 Å². The van der Waals surface area contributed by atoms with Crippen LogP contribution in [0.5, 0.6) is 0 Å². The Balaban J connectivity index is 2.44. The third kappa shape index (κ3) is 2.73. The monoisotopic (exact) mass is 328 g/mol. The van der Waals surface area contributed by atoms with E-state index in [1.54, 1.807) is 6.92 Å². The van der Waals surface area contributed by atoms with E-state index in [4.69, 9.17) is 9.26 Å². The highest BCUT2D eigenvalue weighted by molar-refractivity contribution is 9.10. The second-order valence-electron chi connectivity index (χ2n) is 3.67. The van der Waals surface area contributed by atoms with Crippen molar-refractivity contribution in [2.75, 3.05) is 6.61 Å². The van der Waals surface area contributed by atoms with Crippen LogP contribution in [0.4, 0.5) is 5.69 Å². The minimum absolute atomic E-state index is 0.0837. The van der Waals surface area contributed by atoms with Crippen molar-refractivity contribution in [1.82, 2.24) is 5.16 Å². The fourth-order valence-electron chi connectivity index (χ4n) is 1.61. The van der Waals surface area contributed by atoms with Gasteiger partial charge in [0.15, 0.2) is 5.58 Å². The van der Waals surface area contributed by atoms with Crippen molar-refractivity contribution < 1.29 is 19.0 Å². The third-order valence-corrected chi connectivity index (χ3v) is 3.06. The molecule has 0 N–H and O–H groups in total. The van der Waals surface area contributed by atoms with Crippen LogP contribution in [0.15, 0.2) is 21.1 Å². The molecule has 0 amide bonds. The van der Waals surface area contributed by atoms with E-state index in [9.17, 15) is 14.9 Å². The van der Waals surface area contributed by atoms with Crippen LogP contribution in [0.25, 0.3) is 11.0 Å². The molecule has 0 aliphatic carbocycles. The molecule has 0 aliphatic rings. The summed E-state index contributed by atoms with van der Waals surface area (Å²) >= 11 is 3.08. The number of benzene rings is 1. The van der Waals surface area contributed by atoms with Crippen LogP contribution >= 0.6 is 15.9 Å². The number of aromatic nitrogens is 1. The first kappa shape index (κ1) is 13.5. The van der Waals surface area contributed by atoms with E-state index >= 15 is 0 Å². The highest BCUT2D eigenvalue weighted by Crippen LogP contribution is 2.31. The number of carbonyl (C=O) groups excluding carboxylic acids is 1. The lowest BCUT2D eigenvalue weighted by molar-refractivity contribution is -0.385. The maximum atomic E-state index is 11.4. The van der Waals surface area contributed by atoms with Crippen molar-refractivity contribution in [3.05, 3.63) is 32.4 Å². The smallest absolute Gasteiger partial charge is 0.312 e. The van der Waals surface area contributed by atoms with E-state index in [0.717, 1.165) is 0 Å². The first-order chi connectivity index (χ1) is 9.02. The largest absolute Gasteiger partial charge is 0.466 e. The molecule has 0 radical (unpaired) electrons. The molecule has 7 nitrogen and oxygen atoms in total. The number of halogens is 1. The lowest BCUT2D eigenvalue weighted by Crippen LogP contribution is -2.07. The zero-order valence-corrected chi connectivity index (χ0v) is 11.5. The van der Waals surface area contributed by atoms with Crippen molar-refractivity contribution in [3.63, 3.8) is 0 Å². The molecule has 0 saturated carbocycles. The van der Waals surface area contributed by atoms with E-state index in [1.165, 1.54) is 12.1 Å². The van der Waals surface area contributed by atoms with Crippen molar-refractivity contribution >= 4 is 38.6 Å². The van der Waals surface area contributed by atoms with Gasteiger partial charge in [0, 0.05) is 12.1 Å². The highest BCUT2D eigenvalue weighted by Gasteiger charge is 2.19. The first-order valence-electron chi connectivity index (χ1n) is 5.40. The Kier molecular flexibility index (Phi) is 3.79. The summed E-state index contributed by atoms with van der Waals surface area (Å²) in [6, 6.07) is 2.78. The predicted octanol–water partition coefficient (Wildman–Crippen LogP) is 2.60. The van der Waals surface area contributed by atoms with Gasteiger partial charge in [-0.25, -0.2) is 0 Å². The first-order valence-corrected chi connectivity index (χ1v) is 6.20. The zero-order valence-electron chi connectivity index (χ0n) is 9.88. The fraction of sp³-hybridized carbons (Fsp3) is 0.273. The second-order valence-corrected chi connectivity index (χ2v) is 4.52. The van der Waals surface area contributed by atoms with Crippen molar-refractivity contribution in [3.8, 4) is 0 Å². The standard InChI is InChI=1S/C11H9BrN2O5/c1-2-18-11(15)5-8-6-3-9(14(16)17)7(12)4-10(6)19-13-8/h3-4H,2,5H2,1H3. The van der Waals surface area contributed by atoms with Crippen molar-refractivity contribution in [1.29, 1.82) is 0 Å². The van der Waals surface area contributed by atoms with Gasteiger partial charge in [-0.3, -0.25) is 14.9 Å². The Morgan fingerprint density at radius 1 is 1.58 bits per heavy atom. The van der Waals surface area contributed by atoms with Gasteiger partial charge in [0.2, 0.25) is 0 Å². The summed E-state index contributed by atoms with van der Waals surface area (Å²) in [5, 5.41) is 15.0. The SMILES string of the molecule is CCOC(=O)Cc1noc2cc(Br)c([N+](=O)[O-])cc12. The maximum absolute atomic E-state index is 11.4. The zero-order chi connectivity index (χ0) is 14.0. The summed E-state index contributed by atoms with van der Waals surface area (Å²) in [4.78, 5) is 21.7. The molecule has 8 heteroatoms. The molecule has 0 unspecified atom stereocenters. The summed E-state index contributed by atoms with van der Waals surface area (Å²) in [6.45, 7) is 1.96. The van der Waals surface area contributed by atoms with Crippen molar-refractivity contribution in [2.45, 2.75) is 13.3 Å². The Labute approximate surface area is 115 Å². The molecule has 100 valence electrons. The van der Waals surface area contributed by atoms with Gasteiger partial charge in [-0.1, -0.05) is 5.16 Å². The number of nitrogens with zero attached hydrogens (tertiary/aromatic N) is 2. The number of carbonyl (C=O) groups is 1. The quantitative estimate of drug-likeness (QED) is 0.486. The highest BCUT2D eigenvalue weighted by atomic mass is 79.9. The number of esters is 1. The summed E-state index contributed by atoms with van der Waals surface area (Å²) in [6.07, 6.45) is -0.0837. The van der Waals surface area contributed by atoms with Gasteiger partial charge >= 0.3 is 5.97 Å². The van der Waals surface area contributed by atoms with Gasteiger partial charge in [-0.05, 0) is 22.9 Å². The van der Waals surface area contributed by atoms with Crippen LogP contribution in [-0.4, -0.2) is 22.7 Å². The molecule has 2 aromatic rings.